The second-order valence-corrected chi connectivity index (χ2v) is 8.57. The predicted molar refractivity (Wildman–Crippen MR) is 119 cm³/mol. The van der Waals surface area contributed by atoms with E-state index in [1.807, 2.05) is 48.5 Å². The molecule has 0 bridgehead atoms. The van der Waals surface area contributed by atoms with E-state index in [4.69, 9.17) is 9.47 Å². The highest BCUT2D eigenvalue weighted by Gasteiger charge is 2.53. The first kappa shape index (κ1) is 21.4. The van der Waals surface area contributed by atoms with Gasteiger partial charge in [0.2, 0.25) is 0 Å². The van der Waals surface area contributed by atoms with Gasteiger partial charge < -0.3 is 9.47 Å². The molecule has 0 amide bonds. The van der Waals surface area contributed by atoms with Gasteiger partial charge >= 0.3 is 11.9 Å². The van der Waals surface area contributed by atoms with Gasteiger partial charge in [0, 0.05) is 0 Å². The van der Waals surface area contributed by atoms with Crippen molar-refractivity contribution in [1.29, 1.82) is 0 Å². The van der Waals surface area contributed by atoms with Gasteiger partial charge in [-0.25, -0.2) is 0 Å². The van der Waals surface area contributed by atoms with Crippen LogP contribution in [-0.4, -0.2) is 18.0 Å². The number of cyclic esters (lactones) is 1. The lowest BCUT2D eigenvalue weighted by Gasteiger charge is -2.26. The van der Waals surface area contributed by atoms with E-state index in [0.29, 0.717) is 0 Å². The predicted octanol–water partition coefficient (Wildman–Crippen LogP) is 5.56. The Hall–Kier alpha value is -2.88. The van der Waals surface area contributed by atoms with Crippen molar-refractivity contribution in [2.24, 2.45) is 5.41 Å². The highest BCUT2D eigenvalue weighted by Crippen LogP contribution is 2.49. The molecule has 1 heterocycles. The zero-order valence-electron chi connectivity index (χ0n) is 17.9. The minimum atomic E-state index is -0.574. The van der Waals surface area contributed by atoms with Crippen molar-refractivity contribution in [2.45, 2.75) is 64.1 Å². The fourth-order valence-corrected chi connectivity index (χ4v) is 4.84. The number of carbonyl (C=O) groups is 2. The Balaban J connectivity index is 1.41. The summed E-state index contributed by atoms with van der Waals surface area (Å²) in [5, 5.41) is 0. The number of ether oxygens (including phenoxy) is 2. The van der Waals surface area contributed by atoms with Crippen molar-refractivity contribution in [3.05, 3.63) is 83.4 Å². The van der Waals surface area contributed by atoms with Crippen LogP contribution in [0.1, 0.15) is 56.1 Å². The molecular formula is C27H30O4. The maximum Gasteiger partial charge on any atom is 0.316 e. The van der Waals surface area contributed by atoms with Gasteiger partial charge in [-0.1, -0.05) is 73.2 Å². The highest BCUT2D eigenvalue weighted by molar-refractivity contribution is 5.86. The molecule has 0 saturated carbocycles. The van der Waals surface area contributed by atoms with Crippen molar-refractivity contribution >= 4 is 11.9 Å². The molecule has 0 N–H and O–H groups in total. The number of hydrogen-bond donors (Lipinski definition) is 0. The zero-order chi connectivity index (χ0) is 21.5. The standard InChI is InChI=1S/C27H30O4/c28-25(30-20-22-13-6-2-7-14-22)19-24-23-16-8-3-9-17-27(23,26(29)31-24)18-10-15-21-11-4-1-5-12-21/h1-2,4-7,11-14,16,24H,3,8-10,15,17-20H2/t24?,27-/m1/s1. The monoisotopic (exact) mass is 418 g/mol. The Morgan fingerprint density at radius 3 is 2.45 bits per heavy atom. The summed E-state index contributed by atoms with van der Waals surface area (Å²) in [6, 6.07) is 20.0. The van der Waals surface area contributed by atoms with E-state index in [2.05, 4.69) is 18.2 Å². The number of aryl methyl sites for hydroxylation is 1. The molecule has 4 heteroatoms. The molecule has 162 valence electrons. The minimum Gasteiger partial charge on any atom is -0.461 e. The second-order valence-electron chi connectivity index (χ2n) is 8.57. The lowest BCUT2D eigenvalue weighted by Crippen LogP contribution is -2.28. The maximum atomic E-state index is 13.1. The van der Waals surface area contributed by atoms with E-state index in [1.165, 1.54) is 5.56 Å². The smallest absolute Gasteiger partial charge is 0.316 e. The molecule has 4 rings (SSSR count). The Morgan fingerprint density at radius 2 is 1.71 bits per heavy atom. The van der Waals surface area contributed by atoms with E-state index < -0.39 is 11.5 Å². The van der Waals surface area contributed by atoms with Gasteiger partial charge in [0.15, 0.2) is 0 Å². The molecule has 1 aliphatic heterocycles. The Kier molecular flexibility index (Phi) is 6.86. The molecular weight excluding hydrogens is 388 g/mol. The summed E-state index contributed by atoms with van der Waals surface area (Å²) < 4.78 is 11.2. The molecule has 31 heavy (non-hydrogen) atoms. The molecule has 1 aliphatic carbocycles. The molecule has 2 atom stereocenters. The molecule has 0 radical (unpaired) electrons. The van der Waals surface area contributed by atoms with Crippen molar-refractivity contribution in [3.8, 4) is 0 Å². The van der Waals surface area contributed by atoms with Gasteiger partial charge in [-0.2, -0.15) is 0 Å². The van der Waals surface area contributed by atoms with Crippen LogP contribution in [0, 0.1) is 5.41 Å². The first-order chi connectivity index (χ1) is 15.2. The normalized spacial score (nSPS) is 22.8. The fourth-order valence-electron chi connectivity index (χ4n) is 4.84. The Bertz CT molecular complexity index is 919. The molecule has 1 unspecified atom stereocenters. The minimum absolute atomic E-state index is 0.0881. The van der Waals surface area contributed by atoms with Crippen LogP contribution < -0.4 is 0 Å². The number of allylic oxidation sites excluding steroid dienone is 1. The van der Waals surface area contributed by atoms with Crippen molar-refractivity contribution in [1.82, 2.24) is 0 Å². The fraction of sp³-hybridized carbons (Fsp3) is 0.407. The van der Waals surface area contributed by atoms with Crippen molar-refractivity contribution in [2.75, 3.05) is 0 Å². The van der Waals surface area contributed by atoms with Crippen LogP contribution in [0.15, 0.2) is 72.3 Å². The van der Waals surface area contributed by atoms with Gasteiger partial charge in [0.1, 0.15) is 12.7 Å². The summed E-state index contributed by atoms with van der Waals surface area (Å²) in [4.78, 5) is 25.6. The number of hydrogen-bond acceptors (Lipinski definition) is 4. The number of benzene rings is 2. The van der Waals surface area contributed by atoms with E-state index in [9.17, 15) is 9.59 Å². The quantitative estimate of drug-likeness (QED) is 0.416. The number of esters is 2. The van der Waals surface area contributed by atoms with Gasteiger partial charge in [-0.3, -0.25) is 9.59 Å². The van der Waals surface area contributed by atoms with Crippen LogP contribution in [0.25, 0.3) is 0 Å². The first-order valence-corrected chi connectivity index (χ1v) is 11.3. The molecule has 1 saturated heterocycles. The molecule has 2 aliphatic rings. The Labute approximate surface area is 184 Å². The first-order valence-electron chi connectivity index (χ1n) is 11.3. The van der Waals surface area contributed by atoms with Crippen LogP contribution in [0.5, 0.6) is 0 Å². The highest BCUT2D eigenvalue weighted by atomic mass is 16.6. The van der Waals surface area contributed by atoms with Crippen LogP contribution in [0.3, 0.4) is 0 Å². The van der Waals surface area contributed by atoms with Gasteiger partial charge in [-0.15, -0.1) is 0 Å². The summed E-state index contributed by atoms with van der Waals surface area (Å²) in [6.07, 6.45) is 8.19. The molecule has 4 nitrogen and oxygen atoms in total. The molecule has 0 spiro atoms. The lowest BCUT2D eigenvalue weighted by atomic mass is 9.72. The SMILES string of the molecule is O=C(CC1OC(=O)[C@@]2(CCCc3ccccc3)CCCCC=C12)OCc1ccccc1. The van der Waals surface area contributed by atoms with Gasteiger partial charge in [0.25, 0.3) is 0 Å². The number of rotatable bonds is 8. The summed E-state index contributed by atoms with van der Waals surface area (Å²) in [5.41, 5.74) is 2.67. The third kappa shape index (κ3) is 5.07. The van der Waals surface area contributed by atoms with Crippen molar-refractivity contribution in [3.63, 3.8) is 0 Å². The largest absolute Gasteiger partial charge is 0.461 e. The Morgan fingerprint density at radius 1 is 1.00 bits per heavy atom. The molecule has 2 aromatic carbocycles. The third-order valence-corrected chi connectivity index (χ3v) is 6.47. The van der Waals surface area contributed by atoms with Crippen LogP contribution in [0.2, 0.25) is 0 Å². The van der Waals surface area contributed by atoms with Crippen molar-refractivity contribution < 1.29 is 19.1 Å². The van der Waals surface area contributed by atoms with E-state index >= 15 is 0 Å². The van der Waals surface area contributed by atoms with E-state index in [-0.39, 0.29) is 25.0 Å². The van der Waals surface area contributed by atoms with E-state index in [0.717, 1.165) is 56.1 Å². The van der Waals surface area contributed by atoms with Gasteiger partial charge in [0.05, 0.1) is 11.8 Å². The summed E-state index contributed by atoms with van der Waals surface area (Å²) in [7, 11) is 0. The van der Waals surface area contributed by atoms with E-state index in [1.54, 1.807) is 0 Å². The lowest BCUT2D eigenvalue weighted by molar-refractivity contribution is -0.153. The molecule has 2 aromatic rings. The van der Waals surface area contributed by atoms with Crippen LogP contribution in [-0.2, 0) is 32.1 Å². The third-order valence-electron chi connectivity index (χ3n) is 6.47. The summed E-state index contributed by atoms with van der Waals surface area (Å²) in [6.45, 7) is 0.238. The zero-order valence-corrected chi connectivity index (χ0v) is 17.9. The average Bonchev–Trinajstić information content (AvgIpc) is 2.93. The average molecular weight is 419 g/mol. The second kappa shape index (κ2) is 9.95. The van der Waals surface area contributed by atoms with Gasteiger partial charge in [-0.05, 0) is 55.2 Å². The van der Waals surface area contributed by atoms with Crippen LogP contribution >= 0.6 is 0 Å². The molecule has 1 fully saturated rings. The number of fused-ring (bicyclic) bond motifs is 1. The summed E-state index contributed by atoms with van der Waals surface area (Å²) in [5.74, 6) is -0.485. The number of carbonyl (C=O) groups excluding carboxylic acids is 2. The molecule has 0 aromatic heterocycles. The maximum absolute atomic E-state index is 13.1. The topological polar surface area (TPSA) is 52.6 Å². The summed E-state index contributed by atoms with van der Waals surface area (Å²) >= 11 is 0. The van der Waals surface area contributed by atoms with Crippen LogP contribution in [0.4, 0.5) is 0 Å².